The molecule has 0 unspecified atom stereocenters. The smallest absolute Gasteiger partial charge is 0.254 e. The third-order valence-corrected chi connectivity index (χ3v) is 8.75. The van der Waals surface area contributed by atoms with Gasteiger partial charge in [0.15, 0.2) is 0 Å². The molecule has 2 aromatic carbocycles. The number of ether oxygens (including phenoxy) is 1. The molecule has 174 valence electrons. The molecule has 0 N–H and O–H groups in total. The zero-order chi connectivity index (χ0) is 23.7. The van der Waals surface area contributed by atoms with Crippen LogP contribution in [0.15, 0.2) is 77.0 Å². The first-order valence-corrected chi connectivity index (χ1v) is 13.2. The number of fused-ring (bicyclic) bond motifs is 1. The Morgan fingerprint density at radius 1 is 0.971 bits per heavy atom. The molecule has 34 heavy (non-hydrogen) atoms. The van der Waals surface area contributed by atoms with E-state index in [4.69, 9.17) is 9.72 Å². The molecule has 1 aliphatic heterocycles. The van der Waals surface area contributed by atoms with Crippen LogP contribution < -0.4 is 4.74 Å². The zero-order valence-electron chi connectivity index (χ0n) is 18.5. The van der Waals surface area contributed by atoms with Crippen LogP contribution in [0.25, 0.3) is 21.5 Å². The minimum atomic E-state index is -3.64. The number of sulfonamides is 1. The molecule has 0 bridgehead atoms. The molecular weight excluding hydrogens is 470 g/mol. The fourth-order valence-corrected chi connectivity index (χ4v) is 6.21. The van der Waals surface area contributed by atoms with Gasteiger partial charge in [-0.3, -0.25) is 4.79 Å². The first kappa shape index (κ1) is 22.5. The van der Waals surface area contributed by atoms with Crippen molar-refractivity contribution in [2.24, 2.45) is 0 Å². The van der Waals surface area contributed by atoms with E-state index in [-0.39, 0.29) is 23.9 Å². The lowest BCUT2D eigenvalue weighted by molar-refractivity contribution is 0.0700. The highest BCUT2D eigenvalue weighted by molar-refractivity contribution is 7.89. The van der Waals surface area contributed by atoms with Crippen LogP contribution in [0.4, 0.5) is 0 Å². The van der Waals surface area contributed by atoms with E-state index in [0.29, 0.717) is 24.4 Å². The molecule has 3 heterocycles. The van der Waals surface area contributed by atoms with Crippen molar-refractivity contribution in [1.29, 1.82) is 0 Å². The molecule has 4 aromatic rings. The molecule has 0 saturated carbocycles. The standard InChI is InChI=1S/C25H23N3O4S2/c1-32-18-8-10-19(11-9-18)34(30,31)28-14-12-27(13-15-28)25(29)21-17-23(24-7-4-16-33-24)26-22-6-3-2-5-20(21)22/h2-11,16-17H,12-15H2,1H3. The summed E-state index contributed by atoms with van der Waals surface area (Å²) in [5, 5.41) is 2.77. The molecule has 5 rings (SSSR count). The van der Waals surface area contributed by atoms with E-state index < -0.39 is 10.0 Å². The van der Waals surface area contributed by atoms with E-state index >= 15 is 0 Å². The molecule has 0 radical (unpaired) electrons. The number of hydrogen-bond donors (Lipinski definition) is 0. The molecule has 7 nitrogen and oxygen atoms in total. The second kappa shape index (κ2) is 9.17. The van der Waals surface area contributed by atoms with Gasteiger partial charge in [-0.2, -0.15) is 4.31 Å². The number of thiophene rings is 1. The summed E-state index contributed by atoms with van der Waals surface area (Å²) in [6, 6.07) is 19.7. The summed E-state index contributed by atoms with van der Waals surface area (Å²) in [6.07, 6.45) is 0. The van der Waals surface area contributed by atoms with Crippen LogP contribution in [0, 0.1) is 0 Å². The highest BCUT2D eigenvalue weighted by Crippen LogP contribution is 2.29. The van der Waals surface area contributed by atoms with Gasteiger partial charge in [0.25, 0.3) is 5.91 Å². The lowest BCUT2D eigenvalue weighted by Crippen LogP contribution is -2.50. The van der Waals surface area contributed by atoms with E-state index in [1.807, 2.05) is 47.8 Å². The highest BCUT2D eigenvalue weighted by atomic mass is 32.2. The topological polar surface area (TPSA) is 79.8 Å². The van der Waals surface area contributed by atoms with Gasteiger partial charge in [-0.15, -0.1) is 11.3 Å². The van der Waals surface area contributed by atoms with Crippen molar-refractivity contribution in [1.82, 2.24) is 14.2 Å². The van der Waals surface area contributed by atoms with E-state index in [0.717, 1.165) is 21.5 Å². The minimum absolute atomic E-state index is 0.113. The van der Waals surface area contributed by atoms with E-state index in [1.54, 1.807) is 40.5 Å². The van der Waals surface area contributed by atoms with Crippen molar-refractivity contribution < 1.29 is 17.9 Å². The lowest BCUT2D eigenvalue weighted by Gasteiger charge is -2.34. The van der Waals surface area contributed by atoms with Gasteiger partial charge < -0.3 is 9.64 Å². The SMILES string of the molecule is COc1ccc(S(=O)(=O)N2CCN(C(=O)c3cc(-c4cccs4)nc4ccccc34)CC2)cc1. The average Bonchev–Trinajstić information content (AvgIpc) is 3.43. The van der Waals surface area contributed by atoms with Crippen LogP contribution >= 0.6 is 11.3 Å². The van der Waals surface area contributed by atoms with Crippen molar-refractivity contribution in [2.45, 2.75) is 4.90 Å². The van der Waals surface area contributed by atoms with Gasteiger partial charge in [0.1, 0.15) is 5.75 Å². The van der Waals surface area contributed by atoms with Gasteiger partial charge in [0.2, 0.25) is 10.0 Å². The zero-order valence-corrected chi connectivity index (χ0v) is 20.2. The Balaban J connectivity index is 1.38. The van der Waals surface area contributed by atoms with Crippen LogP contribution in [0.3, 0.4) is 0 Å². The monoisotopic (exact) mass is 493 g/mol. The van der Waals surface area contributed by atoms with Crippen LogP contribution in [0.2, 0.25) is 0 Å². The Morgan fingerprint density at radius 3 is 2.38 bits per heavy atom. The molecule has 1 aliphatic rings. The summed E-state index contributed by atoms with van der Waals surface area (Å²) in [5.41, 5.74) is 2.11. The first-order chi connectivity index (χ1) is 16.5. The summed E-state index contributed by atoms with van der Waals surface area (Å²) in [5.74, 6) is 0.485. The molecule has 0 aliphatic carbocycles. The van der Waals surface area contributed by atoms with Gasteiger partial charge >= 0.3 is 0 Å². The number of carbonyl (C=O) groups excluding carboxylic acids is 1. The van der Waals surface area contributed by atoms with Crippen LogP contribution in [-0.4, -0.2) is 61.8 Å². The lowest BCUT2D eigenvalue weighted by atomic mass is 10.1. The largest absolute Gasteiger partial charge is 0.497 e. The van der Waals surface area contributed by atoms with Gasteiger partial charge in [-0.1, -0.05) is 24.3 Å². The quantitative estimate of drug-likeness (QED) is 0.418. The number of pyridine rings is 1. The summed E-state index contributed by atoms with van der Waals surface area (Å²) in [6.45, 7) is 1.11. The molecule has 1 amide bonds. The summed E-state index contributed by atoms with van der Waals surface area (Å²) in [7, 11) is -2.10. The normalized spacial score (nSPS) is 14.9. The molecule has 1 fully saturated rings. The van der Waals surface area contributed by atoms with Gasteiger partial charge in [0.05, 0.1) is 33.7 Å². The minimum Gasteiger partial charge on any atom is -0.497 e. The highest BCUT2D eigenvalue weighted by Gasteiger charge is 2.31. The molecule has 1 saturated heterocycles. The van der Waals surface area contributed by atoms with Crippen molar-refractivity contribution in [3.63, 3.8) is 0 Å². The third-order valence-electron chi connectivity index (χ3n) is 5.94. The average molecular weight is 494 g/mol. The second-order valence-electron chi connectivity index (χ2n) is 7.92. The number of benzene rings is 2. The predicted octanol–water partition coefficient (Wildman–Crippen LogP) is 4.12. The van der Waals surface area contributed by atoms with Crippen molar-refractivity contribution in [3.8, 4) is 16.3 Å². The van der Waals surface area contributed by atoms with Gasteiger partial charge in [0, 0.05) is 31.6 Å². The number of piperazine rings is 1. The maximum absolute atomic E-state index is 13.6. The van der Waals surface area contributed by atoms with Crippen molar-refractivity contribution >= 4 is 38.2 Å². The maximum atomic E-state index is 13.6. The molecular formula is C25H23N3O4S2. The maximum Gasteiger partial charge on any atom is 0.254 e. The Morgan fingerprint density at radius 2 is 1.71 bits per heavy atom. The van der Waals surface area contributed by atoms with Crippen molar-refractivity contribution in [2.75, 3.05) is 33.3 Å². The molecule has 0 atom stereocenters. The number of para-hydroxylation sites is 1. The molecule has 2 aromatic heterocycles. The van der Waals surface area contributed by atoms with Crippen LogP contribution in [0.5, 0.6) is 5.75 Å². The third kappa shape index (κ3) is 4.18. The van der Waals surface area contributed by atoms with Gasteiger partial charge in [-0.05, 0) is 47.8 Å². The second-order valence-corrected chi connectivity index (χ2v) is 10.8. The number of nitrogens with zero attached hydrogens (tertiary/aromatic N) is 3. The molecule has 9 heteroatoms. The van der Waals surface area contributed by atoms with E-state index in [1.165, 1.54) is 11.4 Å². The summed E-state index contributed by atoms with van der Waals surface area (Å²) in [4.78, 5) is 21.2. The number of rotatable bonds is 5. The van der Waals surface area contributed by atoms with E-state index in [9.17, 15) is 13.2 Å². The molecule has 0 spiro atoms. The number of carbonyl (C=O) groups is 1. The first-order valence-electron chi connectivity index (χ1n) is 10.8. The number of amides is 1. The van der Waals surface area contributed by atoms with Crippen LogP contribution in [-0.2, 0) is 10.0 Å². The van der Waals surface area contributed by atoms with Crippen molar-refractivity contribution in [3.05, 3.63) is 77.7 Å². The van der Waals surface area contributed by atoms with Gasteiger partial charge in [-0.25, -0.2) is 13.4 Å². The Bertz CT molecular complexity index is 1430. The Hall–Kier alpha value is -3.27. The number of hydrogen-bond acceptors (Lipinski definition) is 6. The summed E-state index contributed by atoms with van der Waals surface area (Å²) >= 11 is 1.58. The number of aromatic nitrogens is 1. The van der Waals surface area contributed by atoms with Crippen LogP contribution in [0.1, 0.15) is 10.4 Å². The fourth-order valence-electron chi connectivity index (χ4n) is 4.10. The number of methoxy groups -OCH3 is 1. The predicted molar refractivity (Wildman–Crippen MR) is 133 cm³/mol. The Kier molecular flexibility index (Phi) is 6.07. The fraction of sp³-hybridized carbons (Fsp3) is 0.200. The summed E-state index contributed by atoms with van der Waals surface area (Å²) < 4.78 is 32.7. The van der Waals surface area contributed by atoms with E-state index in [2.05, 4.69) is 0 Å². The Labute approximate surface area is 202 Å².